The average Bonchev–Trinajstić information content (AvgIpc) is 3.43. The molecule has 2 atom stereocenters. The summed E-state index contributed by atoms with van der Waals surface area (Å²) in [6, 6.07) is 14.9. The van der Waals surface area contributed by atoms with Gasteiger partial charge in [0.15, 0.2) is 6.10 Å². The summed E-state index contributed by atoms with van der Waals surface area (Å²) in [7, 11) is 0. The van der Waals surface area contributed by atoms with Crippen LogP contribution in [0.1, 0.15) is 37.8 Å². The zero-order valence-electron chi connectivity index (χ0n) is 18.3. The monoisotopic (exact) mass is 435 g/mol. The molecule has 2 unspecified atom stereocenters. The first-order chi connectivity index (χ1) is 15.4. The predicted octanol–water partition coefficient (Wildman–Crippen LogP) is 4.10. The van der Waals surface area contributed by atoms with E-state index < -0.39 is 18.0 Å². The molecule has 0 spiro atoms. The summed E-state index contributed by atoms with van der Waals surface area (Å²) >= 11 is 0. The van der Waals surface area contributed by atoms with Gasteiger partial charge in [0.25, 0.3) is 5.89 Å². The normalized spacial score (nSPS) is 16.8. The fraction of sp³-hybridized carbons (Fsp3) is 0.333. The van der Waals surface area contributed by atoms with Crippen molar-refractivity contribution in [2.45, 2.75) is 33.3 Å². The van der Waals surface area contributed by atoms with Crippen LogP contribution in [0.3, 0.4) is 0 Å². The minimum absolute atomic E-state index is 0.0945. The van der Waals surface area contributed by atoms with Gasteiger partial charge in [-0.2, -0.15) is 0 Å². The molecule has 8 heteroatoms. The molecule has 2 heterocycles. The molecule has 1 fully saturated rings. The van der Waals surface area contributed by atoms with Gasteiger partial charge in [-0.1, -0.05) is 17.7 Å². The van der Waals surface area contributed by atoms with Gasteiger partial charge in [-0.15, -0.1) is 10.2 Å². The van der Waals surface area contributed by atoms with Crippen LogP contribution in [0.5, 0.6) is 5.75 Å². The summed E-state index contributed by atoms with van der Waals surface area (Å²) in [4.78, 5) is 26.8. The Hall–Kier alpha value is -3.68. The third-order valence-electron chi connectivity index (χ3n) is 5.30. The second-order valence-corrected chi connectivity index (χ2v) is 7.72. The van der Waals surface area contributed by atoms with Crippen molar-refractivity contribution in [1.82, 2.24) is 10.2 Å². The molecular formula is C24H25N3O5. The van der Waals surface area contributed by atoms with E-state index in [9.17, 15) is 9.59 Å². The van der Waals surface area contributed by atoms with Gasteiger partial charge in [-0.05, 0) is 57.2 Å². The Morgan fingerprint density at radius 1 is 1.16 bits per heavy atom. The molecule has 2 aromatic carbocycles. The number of aryl methyl sites for hydroxylation is 1. The maximum Gasteiger partial charge on any atom is 0.312 e. The van der Waals surface area contributed by atoms with Crippen molar-refractivity contribution in [2.75, 3.05) is 18.1 Å². The molecule has 0 aliphatic carbocycles. The summed E-state index contributed by atoms with van der Waals surface area (Å²) in [5, 5.41) is 8.06. The van der Waals surface area contributed by atoms with E-state index in [-0.39, 0.29) is 24.8 Å². The number of carbonyl (C=O) groups excluding carboxylic acids is 2. The molecule has 1 aliphatic heterocycles. The van der Waals surface area contributed by atoms with E-state index in [4.69, 9.17) is 13.9 Å². The highest BCUT2D eigenvalue weighted by Crippen LogP contribution is 2.29. The third-order valence-corrected chi connectivity index (χ3v) is 5.30. The summed E-state index contributed by atoms with van der Waals surface area (Å²) in [6.45, 7) is 6.41. The Morgan fingerprint density at radius 3 is 2.56 bits per heavy atom. The summed E-state index contributed by atoms with van der Waals surface area (Å²) in [5.74, 6) is 0.160. The molecule has 1 amide bonds. The molecule has 4 rings (SSSR count). The SMILES string of the molecule is CCOc1ccc(N2CC(C(=O)OC(C)c3nnc(-c4ccc(C)cc4)o3)CC2=O)cc1. The first-order valence-electron chi connectivity index (χ1n) is 10.6. The zero-order chi connectivity index (χ0) is 22.7. The molecule has 32 heavy (non-hydrogen) atoms. The Kier molecular flexibility index (Phi) is 6.20. The zero-order valence-corrected chi connectivity index (χ0v) is 18.3. The van der Waals surface area contributed by atoms with Gasteiger partial charge in [-0.3, -0.25) is 9.59 Å². The van der Waals surface area contributed by atoms with Gasteiger partial charge >= 0.3 is 5.97 Å². The number of amides is 1. The largest absolute Gasteiger partial charge is 0.494 e. The van der Waals surface area contributed by atoms with Gasteiger partial charge in [0, 0.05) is 24.2 Å². The Labute approximate surface area is 186 Å². The minimum atomic E-state index is -0.719. The first-order valence-corrected chi connectivity index (χ1v) is 10.6. The summed E-state index contributed by atoms with van der Waals surface area (Å²) in [5.41, 5.74) is 2.64. The van der Waals surface area contributed by atoms with Gasteiger partial charge in [0.2, 0.25) is 11.8 Å². The van der Waals surface area contributed by atoms with Crippen LogP contribution in [0.15, 0.2) is 52.9 Å². The lowest BCUT2D eigenvalue weighted by Crippen LogP contribution is -2.26. The van der Waals surface area contributed by atoms with E-state index in [0.29, 0.717) is 12.5 Å². The third kappa shape index (κ3) is 4.64. The van der Waals surface area contributed by atoms with Crippen molar-refractivity contribution in [2.24, 2.45) is 5.92 Å². The average molecular weight is 435 g/mol. The molecule has 3 aromatic rings. The molecule has 1 saturated heterocycles. The molecule has 8 nitrogen and oxygen atoms in total. The van der Waals surface area contributed by atoms with Crippen molar-refractivity contribution in [3.8, 4) is 17.2 Å². The number of aromatic nitrogens is 2. The highest BCUT2D eigenvalue weighted by Gasteiger charge is 2.37. The quantitative estimate of drug-likeness (QED) is 0.516. The maximum absolute atomic E-state index is 12.7. The van der Waals surface area contributed by atoms with Crippen LogP contribution >= 0.6 is 0 Å². The van der Waals surface area contributed by atoms with Gasteiger partial charge in [-0.25, -0.2) is 0 Å². The standard InChI is InChI=1S/C24H25N3O5/c1-4-30-20-11-9-19(10-12-20)27-14-18(13-21(27)28)24(29)31-16(3)22-25-26-23(32-22)17-7-5-15(2)6-8-17/h5-12,16,18H,4,13-14H2,1-3H3. The van der Waals surface area contributed by atoms with Crippen LogP contribution in [0.2, 0.25) is 0 Å². The predicted molar refractivity (Wildman–Crippen MR) is 117 cm³/mol. The lowest BCUT2D eigenvalue weighted by molar-refractivity contribution is -0.154. The highest BCUT2D eigenvalue weighted by molar-refractivity contribution is 5.99. The van der Waals surface area contributed by atoms with Crippen molar-refractivity contribution in [3.05, 3.63) is 60.0 Å². The molecule has 0 saturated carbocycles. The highest BCUT2D eigenvalue weighted by atomic mass is 16.6. The second kappa shape index (κ2) is 9.21. The summed E-state index contributed by atoms with van der Waals surface area (Å²) < 4.78 is 16.7. The number of ether oxygens (including phenoxy) is 2. The van der Waals surface area contributed by atoms with E-state index in [1.54, 1.807) is 24.0 Å². The number of nitrogens with zero attached hydrogens (tertiary/aromatic N) is 3. The number of benzene rings is 2. The Morgan fingerprint density at radius 2 is 1.88 bits per heavy atom. The van der Waals surface area contributed by atoms with Crippen LogP contribution in [-0.4, -0.2) is 35.2 Å². The van der Waals surface area contributed by atoms with Crippen LogP contribution in [-0.2, 0) is 14.3 Å². The number of hydrogen-bond donors (Lipinski definition) is 0. The maximum atomic E-state index is 12.7. The Balaban J connectivity index is 1.37. The molecule has 0 N–H and O–H groups in total. The van der Waals surface area contributed by atoms with Gasteiger partial charge in [0.05, 0.1) is 12.5 Å². The van der Waals surface area contributed by atoms with Crippen LogP contribution in [0, 0.1) is 12.8 Å². The van der Waals surface area contributed by atoms with Crippen LogP contribution in [0.4, 0.5) is 5.69 Å². The molecular weight excluding hydrogens is 410 g/mol. The van der Waals surface area contributed by atoms with Crippen molar-refractivity contribution >= 4 is 17.6 Å². The number of rotatable bonds is 7. The lowest BCUT2D eigenvalue weighted by atomic mass is 10.1. The minimum Gasteiger partial charge on any atom is -0.494 e. The number of hydrogen-bond acceptors (Lipinski definition) is 7. The number of carbonyl (C=O) groups is 2. The summed E-state index contributed by atoms with van der Waals surface area (Å²) in [6.07, 6.45) is -0.624. The second-order valence-electron chi connectivity index (χ2n) is 7.72. The van der Waals surface area contributed by atoms with Crippen LogP contribution in [0.25, 0.3) is 11.5 Å². The molecule has 1 aromatic heterocycles. The lowest BCUT2D eigenvalue weighted by Gasteiger charge is -2.17. The van der Waals surface area contributed by atoms with E-state index in [1.807, 2.05) is 50.2 Å². The van der Waals surface area contributed by atoms with E-state index >= 15 is 0 Å². The van der Waals surface area contributed by atoms with E-state index in [1.165, 1.54) is 0 Å². The van der Waals surface area contributed by atoms with E-state index in [0.717, 1.165) is 22.6 Å². The fourth-order valence-electron chi connectivity index (χ4n) is 3.54. The van der Waals surface area contributed by atoms with Crippen molar-refractivity contribution in [3.63, 3.8) is 0 Å². The van der Waals surface area contributed by atoms with Gasteiger partial charge < -0.3 is 18.8 Å². The topological polar surface area (TPSA) is 94.8 Å². The van der Waals surface area contributed by atoms with Crippen molar-refractivity contribution in [1.29, 1.82) is 0 Å². The number of esters is 1. The van der Waals surface area contributed by atoms with Gasteiger partial charge in [0.1, 0.15) is 5.75 Å². The molecule has 1 aliphatic rings. The molecule has 166 valence electrons. The van der Waals surface area contributed by atoms with Crippen molar-refractivity contribution < 1.29 is 23.5 Å². The Bertz CT molecular complexity index is 1090. The molecule has 0 bridgehead atoms. The number of anilines is 1. The van der Waals surface area contributed by atoms with Crippen LogP contribution < -0.4 is 9.64 Å². The smallest absolute Gasteiger partial charge is 0.312 e. The fourth-order valence-corrected chi connectivity index (χ4v) is 3.54. The molecule has 0 radical (unpaired) electrons. The first kappa shape index (κ1) is 21.5. The van der Waals surface area contributed by atoms with E-state index in [2.05, 4.69) is 10.2 Å².